The highest BCUT2D eigenvalue weighted by atomic mass is 35.5. The van der Waals surface area contributed by atoms with Gasteiger partial charge < -0.3 is 16.0 Å². The molecule has 1 aliphatic rings. The molecule has 0 saturated heterocycles. The molecule has 0 aliphatic heterocycles. The van der Waals surface area contributed by atoms with Crippen LogP contribution in [0.3, 0.4) is 0 Å². The van der Waals surface area contributed by atoms with Gasteiger partial charge in [-0.15, -0.1) is 0 Å². The van der Waals surface area contributed by atoms with Crippen molar-refractivity contribution in [2.24, 2.45) is 5.92 Å². The third-order valence-corrected chi connectivity index (χ3v) is 4.53. The number of amides is 3. The van der Waals surface area contributed by atoms with Crippen LogP contribution < -0.4 is 16.0 Å². The minimum absolute atomic E-state index is 0.0724. The van der Waals surface area contributed by atoms with Crippen molar-refractivity contribution in [3.63, 3.8) is 0 Å². The Hall–Kier alpha value is -2.53. The zero-order valence-corrected chi connectivity index (χ0v) is 15.3. The maximum atomic E-state index is 12.1. The highest BCUT2D eigenvalue weighted by molar-refractivity contribution is 6.30. The van der Waals surface area contributed by atoms with E-state index in [-0.39, 0.29) is 23.9 Å². The number of anilines is 1. The molecular weight excluding hydrogens is 350 g/mol. The molecule has 3 amide bonds. The third kappa shape index (κ3) is 5.23. The van der Waals surface area contributed by atoms with Gasteiger partial charge in [0, 0.05) is 23.2 Å². The molecule has 0 aromatic heterocycles. The average molecular weight is 372 g/mol. The molecule has 136 valence electrons. The SMILES string of the molecule is CC(NC(=O)NCc1cccc(NC(=O)C2CC2)c1)c1cccc(Cl)c1. The van der Waals surface area contributed by atoms with E-state index in [4.69, 9.17) is 11.6 Å². The summed E-state index contributed by atoms with van der Waals surface area (Å²) < 4.78 is 0. The van der Waals surface area contributed by atoms with Crippen molar-refractivity contribution in [3.8, 4) is 0 Å². The van der Waals surface area contributed by atoms with Gasteiger partial charge in [0.2, 0.25) is 5.91 Å². The summed E-state index contributed by atoms with van der Waals surface area (Å²) in [4.78, 5) is 24.0. The van der Waals surface area contributed by atoms with Gasteiger partial charge in [0.15, 0.2) is 0 Å². The molecular formula is C20H22ClN3O2. The van der Waals surface area contributed by atoms with Crippen molar-refractivity contribution in [2.45, 2.75) is 32.4 Å². The van der Waals surface area contributed by atoms with Gasteiger partial charge in [-0.25, -0.2) is 4.79 Å². The van der Waals surface area contributed by atoms with Crippen LogP contribution in [0.5, 0.6) is 0 Å². The van der Waals surface area contributed by atoms with Crippen molar-refractivity contribution >= 4 is 29.2 Å². The molecule has 1 atom stereocenters. The van der Waals surface area contributed by atoms with Crippen LogP contribution >= 0.6 is 11.6 Å². The number of benzene rings is 2. The van der Waals surface area contributed by atoms with Gasteiger partial charge in [0.25, 0.3) is 0 Å². The molecule has 26 heavy (non-hydrogen) atoms. The topological polar surface area (TPSA) is 70.2 Å². The molecule has 0 radical (unpaired) electrons. The van der Waals surface area contributed by atoms with E-state index in [2.05, 4.69) is 16.0 Å². The number of halogens is 1. The van der Waals surface area contributed by atoms with Gasteiger partial charge in [-0.1, -0.05) is 35.9 Å². The van der Waals surface area contributed by atoms with Crippen LogP contribution in [0.4, 0.5) is 10.5 Å². The Balaban J connectivity index is 1.50. The molecule has 1 fully saturated rings. The molecule has 0 heterocycles. The summed E-state index contributed by atoms with van der Waals surface area (Å²) in [6, 6.07) is 14.5. The van der Waals surface area contributed by atoms with Crippen molar-refractivity contribution in [1.82, 2.24) is 10.6 Å². The molecule has 1 aliphatic carbocycles. The van der Waals surface area contributed by atoms with Gasteiger partial charge >= 0.3 is 6.03 Å². The van der Waals surface area contributed by atoms with E-state index >= 15 is 0 Å². The van der Waals surface area contributed by atoms with Gasteiger partial charge in [-0.2, -0.15) is 0 Å². The van der Waals surface area contributed by atoms with E-state index in [1.807, 2.05) is 49.4 Å². The number of hydrogen-bond donors (Lipinski definition) is 3. The fourth-order valence-electron chi connectivity index (χ4n) is 2.64. The first kappa shape index (κ1) is 18.3. The summed E-state index contributed by atoms with van der Waals surface area (Å²) in [5, 5.41) is 9.27. The van der Waals surface area contributed by atoms with Crippen LogP contribution in [-0.4, -0.2) is 11.9 Å². The number of carbonyl (C=O) groups excluding carboxylic acids is 2. The molecule has 3 N–H and O–H groups in total. The van der Waals surface area contributed by atoms with Crippen LogP contribution in [-0.2, 0) is 11.3 Å². The maximum Gasteiger partial charge on any atom is 0.315 e. The van der Waals surface area contributed by atoms with Crippen molar-refractivity contribution in [2.75, 3.05) is 5.32 Å². The third-order valence-electron chi connectivity index (χ3n) is 4.29. The molecule has 1 saturated carbocycles. The lowest BCUT2D eigenvalue weighted by atomic mass is 10.1. The minimum Gasteiger partial charge on any atom is -0.334 e. The van der Waals surface area contributed by atoms with Gasteiger partial charge in [-0.05, 0) is 55.2 Å². The maximum absolute atomic E-state index is 12.1. The first-order chi connectivity index (χ1) is 12.5. The monoisotopic (exact) mass is 371 g/mol. The Kier molecular flexibility index (Phi) is 5.78. The summed E-state index contributed by atoms with van der Waals surface area (Å²) in [5.74, 6) is 0.235. The molecule has 0 spiro atoms. The Labute approximate surface area is 158 Å². The second kappa shape index (κ2) is 8.23. The van der Waals surface area contributed by atoms with Crippen molar-refractivity contribution in [1.29, 1.82) is 0 Å². The van der Waals surface area contributed by atoms with Crippen LogP contribution in [0, 0.1) is 5.92 Å². The summed E-state index contributed by atoms with van der Waals surface area (Å²) in [5.41, 5.74) is 2.62. The molecule has 2 aromatic rings. The average Bonchev–Trinajstić information content (AvgIpc) is 3.45. The molecule has 5 nitrogen and oxygen atoms in total. The zero-order valence-electron chi connectivity index (χ0n) is 14.6. The van der Waals surface area contributed by atoms with Gasteiger partial charge in [-0.3, -0.25) is 4.79 Å². The highest BCUT2D eigenvalue weighted by Crippen LogP contribution is 2.30. The van der Waals surface area contributed by atoms with E-state index in [0.717, 1.165) is 29.7 Å². The van der Waals surface area contributed by atoms with Crippen molar-refractivity contribution in [3.05, 3.63) is 64.7 Å². The zero-order chi connectivity index (χ0) is 18.5. The largest absolute Gasteiger partial charge is 0.334 e. The first-order valence-corrected chi connectivity index (χ1v) is 9.08. The lowest BCUT2D eigenvalue weighted by molar-refractivity contribution is -0.117. The van der Waals surface area contributed by atoms with E-state index in [1.54, 1.807) is 6.07 Å². The predicted molar refractivity (Wildman–Crippen MR) is 103 cm³/mol. The molecule has 0 bridgehead atoms. The quantitative estimate of drug-likeness (QED) is 0.710. The molecule has 3 rings (SSSR count). The molecule has 2 aromatic carbocycles. The smallest absolute Gasteiger partial charge is 0.315 e. The standard InChI is InChI=1S/C20H22ClN3O2/c1-13(16-5-3-6-17(21)11-16)23-20(26)22-12-14-4-2-7-18(10-14)24-19(25)15-8-9-15/h2-7,10-11,13,15H,8-9,12H2,1H3,(H,24,25)(H2,22,23,26). The van der Waals surface area contributed by atoms with Crippen LogP contribution in [0.25, 0.3) is 0 Å². The fourth-order valence-corrected chi connectivity index (χ4v) is 2.84. The Morgan fingerprint density at radius 2 is 1.92 bits per heavy atom. The fraction of sp³-hybridized carbons (Fsp3) is 0.300. The summed E-state index contributed by atoms with van der Waals surface area (Å²) >= 11 is 5.98. The van der Waals surface area contributed by atoms with Crippen LogP contribution in [0.2, 0.25) is 5.02 Å². The van der Waals surface area contributed by atoms with Crippen molar-refractivity contribution < 1.29 is 9.59 Å². The van der Waals surface area contributed by atoms with E-state index in [1.165, 1.54) is 0 Å². The molecule has 1 unspecified atom stereocenters. The van der Waals surface area contributed by atoms with Gasteiger partial charge in [0.05, 0.1) is 6.04 Å². The normalized spacial score (nSPS) is 14.4. The number of nitrogens with one attached hydrogen (secondary N) is 3. The second-order valence-electron chi connectivity index (χ2n) is 6.57. The lowest BCUT2D eigenvalue weighted by Crippen LogP contribution is -2.36. The molecule has 6 heteroatoms. The number of carbonyl (C=O) groups is 2. The van der Waals surface area contributed by atoms with Crippen LogP contribution in [0.15, 0.2) is 48.5 Å². The summed E-state index contributed by atoms with van der Waals surface area (Å²) in [7, 11) is 0. The van der Waals surface area contributed by atoms with E-state index in [9.17, 15) is 9.59 Å². The predicted octanol–water partition coefficient (Wildman–Crippen LogP) is 4.25. The Bertz CT molecular complexity index is 805. The second-order valence-corrected chi connectivity index (χ2v) is 7.00. The Morgan fingerprint density at radius 1 is 1.15 bits per heavy atom. The lowest BCUT2D eigenvalue weighted by Gasteiger charge is -2.15. The summed E-state index contributed by atoms with van der Waals surface area (Å²) in [6.45, 7) is 2.28. The number of rotatable bonds is 6. The van der Waals surface area contributed by atoms with Crippen LogP contribution in [0.1, 0.15) is 36.9 Å². The van der Waals surface area contributed by atoms with E-state index in [0.29, 0.717) is 11.6 Å². The highest BCUT2D eigenvalue weighted by Gasteiger charge is 2.29. The van der Waals surface area contributed by atoms with Gasteiger partial charge in [0.1, 0.15) is 0 Å². The number of hydrogen-bond acceptors (Lipinski definition) is 2. The first-order valence-electron chi connectivity index (χ1n) is 8.71. The Morgan fingerprint density at radius 3 is 2.65 bits per heavy atom. The summed E-state index contributed by atoms with van der Waals surface area (Å²) in [6.07, 6.45) is 1.94. The minimum atomic E-state index is -0.259. The van der Waals surface area contributed by atoms with E-state index < -0.39 is 0 Å². The number of urea groups is 1.